The van der Waals surface area contributed by atoms with Crippen LogP contribution in [0, 0.1) is 0 Å². The van der Waals surface area contributed by atoms with Gasteiger partial charge in [-0.1, -0.05) is 29.3 Å². The maximum atomic E-state index is 12.1. The molecular weight excluding hydrogens is 343 g/mol. The molecule has 2 aromatic rings. The van der Waals surface area contributed by atoms with Crippen LogP contribution < -0.4 is 0 Å². The quantitative estimate of drug-likeness (QED) is 0.692. The van der Waals surface area contributed by atoms with Crippen LogP contribution in [0.2, 0.25) is 10.0 Å². The number of benzene rings is 1. The molecule has 0 atom stereocenters. The summed E-state index contributed by atoms with van der Waals surface area (Å²) in [6.45, 7) is 0. The van der Waals surface area contributed by atoms with Gasteiger partial charge in [0.15, 0.2) is 5.78 Å². The van der Waals surface area contributed by atoms with E-state index in [2.05, 4.69) is 15.9 Å². The van der Waals surface area contributed by atoms with Crippen LogP contribution in [0.15, 0.2) is 34.1 Å². The molecule has 1 aromatic carbocycles. The van der Waals surface area contributed by atoms with Crippen molar-refractivity contribution in [1.29, 1.82) is 0 Å². The molecule has 0 saturated carbocycles. The highest BCUT2D eigenvalue weighted by molar-refractivity contribution is 9.10. The van der Waals surface area contributed by atoms with Gasteiger partial charge in [-0.05, 0) is 39.5 Å². The molecule has 0 spiro atoms. The largest absolute Gasteiger partial charge is 0.294 e. The number of carbonyl (C=O) groups is 1. The maximum absolute atomic E-state index is 12.1. The second kappa shape index (κ2) is 5.53. The van der Waals surface area contributed by atoms with Crippen molar-refractivity contribution in [1.82, 2.24) is 0 Å². The fourth-order valence-corrected chi connectivity index (χ4v) is 3.31. The number of Topliss-reactive ketones (excluding diaryl/α,β-unsaturated/α-hetero) is 1. The molecule has 0 amide bonds. The van der Waals surface area contributed by atoms with Gasteiger partial charge >= 0.3 is 0 Å². The van der Waals surface area contributed by atoms with Gasteiger partial charge < -0.3 is 0 Å². The van der Waals surface area contributed by atoms with Gasteiger partial charge in [0.25, 0.3) is 0 Å². The Bertz CT molecular complexity index is 565. The summed E-state index contributed by atoms with van der Waals surface area (Å²) >= 11 is 16.8. The molecule has 0 unspecified atom stereocenters. The van der Waals surface area contributed by atoms with Gasteiger partial charge in [0.1, 0.15) is 0 Å². The molecular formula is C12H7BrCl2OS. The summed E-state index contributed by atoms with van der Waals surface area (Å²) in [4.78, 5) is 13.1. The highest BCUT2D eigenvalue weighted by Gasteiger charge is 2.15. The van der Waals surface area contributed by atoms with E-state index in [1.54, 1.807) is 18.2 Å². The van der Waals surface area contributed by atoms with E-state index in [0.717, 1.165) is 9.35 Å². The highest BCUT2D eigenvalue weighted by atomic mass is 79.9. The van der Waals surface area contributed by atoms with Crippen molar-refractivity contribution in [3.05, 3.63) is 54.6 Å². The average Bonchev–Trinajstić information content (AvgIpc) is 2.68. The monoisotopic (exact) mass is 348 g/mol. The van der Waals surface area contributed by atoms with Gasteiger partial charge in [-0.25, -0.2) is 0 Å². The standard InChI is InChI=1S/C12H7BrCl2OS/c13-8-4-5-17-11(8)6-10(16)7-2-1-3-9(14)12(7)15/h1-5H,6H2. The molecule has 1 nitrogen and oxygen atoms in total. The summed E-state index contributed by atoms with van der Waals surface area (Å²) in [5.74, 6) is -0.0272. The Morgan fingerprint density at radius 1 is 1.29 bits per heavy atom. The fraction of sp³-hybridized carbons (Fsp3) is 0.0833. The molecule has 2 rings (SSSR count). The summed E-state index contributed by atoms with van der Waals surface area (Å²) in [5, 5.41) is 2.67. The fourth-order valence-electron chi connectivity index (χ4n) is 1.41. The van der Waals surface area contributed by atoms with Crippen LogP contribution in [-0.2, 0) is 6.42 Å². The lowest BCUT2D eigenvalue weighted by atomic mass is 10.1. The normalized spacial score (nSPS) is 10.5. The molecule has 88 valence electrons. The van der Waals surface area contributed by atoms with E-state index in [1.165, 1.54) is 11.3 Å². The molecule has 1 aromatic heterocycles. The zero-order chi connectivity index (χ0) is 12.4. The van der Waals surface area contributed by atoms with E-state index in [1.807, 2.05) is 11.4 Å². The first-order chi connectivity index (χ1) is 8.09. The molecule has 0 fully saturated rings. The van der Waals surface area contributed by atoms with Crippen molar-refractivity contribution in [2.45, 2.75) is 6.42 Å². The Labute approximate surface area is 121 Å². The molecule has 0 radical (unpaired) electrons. The van der Waals surface area contributed by atoms with Crippen molar-refractivity contribution >= 4 is 56.3 Å². The average molecular weight is 350 g/mol. The van der Waals surface area contributed by atoms with E-state index in [9.17, 15) is 4.79 Å². The zero-order valence-corrected chi connectivity index (χ0v) is 12.5. The maximum Gasteiger partial charge on any atom is 0.169 e. The molecule has 5 heteroatoms. The molecule has 0 bridgehead atoms. The Balaban J connectivity index is 2.27. The summed E-state index contributed by atoms with van der Waals surface area (Å²) in [6, 6.07) is 7.01. The molecule has 0 aliphatic rings. The topological polar surface area (TPSA) is 17.1 Å². The van der Waals surface area contributed by atoms with Crippen LogP contribution in [0.25, 0.3) is 0 Å². The van der Waals surface area contributed by atoms with Crippen LogP contribution >= 0.6 is 50.5 Å². The number of rotatable bonds is 3. The third-order valence-corrected chi connectivity index (χ3v) is 5.01. The van der Waals surface area contributed by atoms with Gasteiger partial charge in [0.2, 0.25) is 0 Å². The van der Waals surface area contributed by atoms with Crippen LogP contribution in [0.3, 0.4) is 0 Å². The second-order valence-corrected chi connectivity index (χ2v) is 6.03. The molecule has 17 heavy (non-hydrogen) atoms. The smallest absolute Gasteiger partial charge is 0.169 e. The lowest BCUT2D eigenvalue weighted by Crippen LogP contribution is -2.03. The predicted molar refractivity (Wildman–Crippen MR) is 76.5 cm³/mol. The lowest BCUT2D eigenvalue weighted by Gasteiger charge is -2.04. The van der Waals surface area contributed by atoms with Gasteiger partial charge in [-0.3, -0.25) is 4.79 Å². The number of hydrogen-bond donors (Lipinski definition) is 0. The summed E-state index contributed by atoms with van der Waals surface area (Å²) in [6.07, 6.45) is 0.332. The Morgan fingerprint density at radius 3 is 2.71 bits per heavy atom. The number of halogens is 3. The molecule has 0 aliphatic heterocycles. The highest BCUT2D eigenvalue weighted by Crippen LogP contribution is 2.29. The zero-order valence-electron chi connectivity index (χ0n) is 8.54. The van der Waals surface area contributed by atoms with Crippen molar-refractivity contribution in [2.24, 2.45) is 0 Å². The summed E-state index contributed by atoms with van der Waals surface area (Å²) in [7, 11) is 0. The molecule has 0 saturated heterocycles. The Kier molecular flexibility index (Phi) is 4.26. The third-order valence-electron chi connectivity index (χ3n) is 2.26. The van der Waals surface area contributed by atoms with Crippen molar-refractivity contribution in [3.63, 3.8) is 0 Å². The summed E-state index contributed by atoms with van der Waals surface area (Å²) < 4.78 is 0.953. The first kappa shape index (κ1) is 13.1. The van der Waals surface area contributed by atoms with E-state index in [4.69, 9.17) is 23.2 Å². The van der Waals surface area contributed by atoms with E-state index < -0.39 is 0 Å². The minimum atomic E-state index is -0.0272. The van der Waals surface area contributed by atoms with E-state index in [-0.39, 0.29) is 5.78 Å². The number of carbonyl (C=O) groups excluding carboxylic acids is 1. The number of thiophene rings is 1. The SMILES string of the molecule is O=C(Cc1sccc1Br)c1cccc(Cl)c1Cl. The lowest BCUT2D eigenvalue weighted by molar-refractivity contribution is 0.0994. The van der Waals surface area contributed by atoms with Crippen LogP contribution in [-0.4, -0.2) is 5.78 Å². The molecule has 0 aliphatic carbocycles. The number of ketones is 1. The Morgan fingerprint density at radius 2 is 2.06 bits per heavy atom. The van der Waals surface area contributed by atoms with Gasteiger partial charge in [0, 0.05) is 21.3 Å². The van der Waals surface area contributed by atoms with Crippen LogP contribution in [0.5, 0.6) is 0 Å². The van der Waals surface area contributed by atoms with Crippen LogP contribution in [0.4, 0.5) is 0 Å². The first-order valence-electron chi connectivity index (χ1n) is 4.78. The van der Waals surface area contributed by atoms with Crippen LogP contribution in [0.1, 0.15) is 15.2 Å². The van der Waals surface area contributed by atoms with E-state index in [0.29, 0.717) is 22.0 Å². The van der Waals surface area contributed by atoms with Crippen molar-refractivity contribution < 1.29 is 4.79 Å². The van der Waals surface area contributed by atoms with E-state index >= 15 is 0 Å². The minimum absolute atomic E-state index is 0.0272. The van der Waals surface area contributed by atoms with Gasteiger partial charge in [-0.15, -0.1) is 11.3 Å². The van der Waals surface area contributed by atoms with Crippen molar-refractivity contribution in [3.8, 4) is 0 Å². The first-order valence-corrected chi connectivity index (χ1v) is 7.21. The Hall–Kier alpha value is -0.350. The predicted octanol–water partition coefficient (Wildman–Crippen LogP) is 5.24. The molecule has 1 heterocycles. The second-order valence-electron chi connectivity index (χ2n) is 3.39. The number of hydrogen-bond acceptors (Lipinski definition) is 2. The third kappa shape index (κ3) is 2.91. The van der Waals surface area contributed by atoms with Crippen molar-refractivity contribution in [2.75, 3.05) is 0 Å². The minimum Gasteiger partial charge on any atom is -0.294 e. The summed E-state index contributed by atoms with van der Waals surface area (Å²) in [5.41, 5.74) is 0.472. The van der Waals surface area contributed by atoms with Gasteiger partial charge in [0.05, 0.1) is 10.0 Å². The van der Waals surface area contributed by atoms with Gasteiger partial charge in [-0.2, -0.15) is 0 Å². The molecule has 0 N–H and O–H groups in total.